The van der Waals surface area contributed by atoms with Crippen LogP contribution in [-0.2, 0) is 9.53 Å². The van der Waals surface area contributed by atoms with Crippen LogP contribution in [0.5, 0.6) is 0 Å². The minimum atomic E-state index is 0.0814. The van der Waals surface area contributed by atoms with Gasteiger partial charge in [-0.15, -0.1) is 11.3 Å². The summed E-state index contributed by atoms with van der Waals surface area (Å²) in [6, 6.07) is 5.34. The molecule has 2 aromatic rings. The number of hydrogen-bond donors (Lipinski definition) is 0. The first-order valence-electron chi connectivity index (χ1n) is 8.40. The van der Waals surface area contributed by atoms with Crippen molar-refractivity contribution in [3.63, 3.8) is 0 Å². The minimum Gasteiger partial charge on any atom is -0.376 e. The van der Waals surface area contributed by atoms with Crippen molar-refractivity contribution < 1.29 is 9.53 Å². The lowest BCUT2D eigenvalue weighted by Gasteiger charge is -2.23. The van der Waals surface area contributed by atoms with Crippen molar-refractivity contribution in [2.75, 3.05) is 30.1 Å². The van der Waals surface area contributed by atoms with E-state index in [0.717, 1.165) is 36.5 Å². The molecule has 1 saturated heterocycles. The van der Waals surface area contributed by atoms with Gasteiger partial charge in [0, 0.05) is 34.7 Å². The molecule has 1 fully saturated rings. The summed E-state index contributed by atoms with van der Waals surface area (Å²) in [5.41, 5.74) is 1.56. The molecule has 1 aromatic heterocycles. The van der Waals surface area contributed by atoms with Gasteiger partial charge in [-0.3, -0.25) is 9.69 Å². The zero-order valence-corrected chi connectivity index (χ0v) is 17.6. The van der Waals surface area contributed by atoms with Gasteiger partial charge in [0.25, 0.3) is 0 Å². The number of aromatic nitrogens is 1. The van der Waals surface area contributed by atoms with Gasteiger partial charge >= 0.3 is 0 Å². The molecule has 0 bridgehead atoms. The van der Waals surface area contributed by atoms with Crippen LogP contribution >= 0.6 is 46.3 Å². The van der Waals surface area contributed by atoms with E-state index in [4.69, 9.17) is 27.9 Å². The lowest BCUT2D eigenvalue weighted by Crippen LogP contribution is -2.37. The molecule has 0 N–H and O–H groups in total. The predicted octanol–water partition coefficient (Wildman–Crippen LogP) is 5.38. The summed E-state index contributed by atoms with van der Waals surface area (Å²) >= 11 is 15.4. The van der Waals surface area contributed by atoms with Crippen LogP contribution < -0.4 is 4.90 Å². The Morgan fingerprint density at radius 1 is 1.46 bits per heavy atom. The van der Waals surface area contributed by atoms with E-state index in [9.17, 15) is 4.79 Å². The number of nitrogens with zero attached hydrogens (tertiary/aromatic N) is 2. The van der Waals surface area contributed by atoms with E-state index in [2.05, 4.69) is 4.98 Å². The third-order valence-electron chi connectivity index (χ3n) is 4.16. The Kier molecular flexibility index (Phi) is 7.23. The number of halogens is 2. The Hall–Kier alpha value is -0.790. The average Bonchev–Trinajstić information content (AvgIpc) is 3.29. The molecule has 26 heavy (non-hydrogen) atoms. The molecule has 0 saturated carbocycles. The number of thiazole rings is 1. The highest BCUT2D eigenvalue weighted by Gasteiger charge is 2.26. The Bertz CT molecular complexity index is 763. The number of ether oxygens (including phenoxy) is 1. The third-order valence-corrected chi connectivity index (χ3v) is 6.19. The predicted molar refractivity (Wildman–Crippen MR) is 112 cm³/mol. The number of benzene rings is 1. The molecule has 1 aliphatic rings. The topological polar surface area (TPSA) is 42.4 Å². The maximum absolute atomic E-state index is 12.7. The highest BCUT2D eigenvalue weighted by Crippen LogP contribution is 2.34. The number of thioether (sulfide) groups is 1. The molecular weight excluding hydrogens is 411 g/mol. The molecule has 8 heteroatoms. The zero-order chi connectivity index (χ0) is 18.5. The fourth-order valence-electron chi connectivity index (χ4n) is 2.81. The van der Waals surface area contributed by atoms with E-state index >= 15 is 0 Å². The standard InChI is InChI=1S/C18H20Cl2N2O2S2/c1-25-8-6-17(23)22(10-13-3-2-7-24-13)18-21-16(11-26-18)14-5-4-12(19)9-15(14)20/h4-5,9,11,13H,2-3,6-8,10H2,1H3/t13-/m0/s1. The second-order valence-corrected chi connectivity index (χ2v) is 8.69. The van der Waals surface area contributed by atoms with E-state index in [1.54, 1.807) is 28.8 Å². The number of hydrogen-bond acceptors (Lipinski definition) is 5. The Morgan fingerprint density at radius 2 is 2.31 bits per heavy atom. The van der Waals surface area contributed by atoms with E-state index in [0.29, 0.717) is 28.1 Å². The van der Waals surface area contributed by atoms with Crippen molar-refractivity contribution >= 4 is 57.3 Å². The number of amides is 1. The molecule has 1 aliphatic heterocycles. The van der Waals surface area contributed by atoms with Crippen molar-refractivity contribution in [3.05, 3.63) is 33.6 Å². The molecule has 2 heterocycles. The summed E-state index contributed by atoms with van der Waals surface area (Å²) < 4.78 is 5.73. The summed E-state index contributed by atoms with van der Waals surface area (Å²) in [5, 5.41) is 3.75. The van der Waals surface area contributed by atoms with Gasteiger partial charge in [0.1, 0.15) is 0 Å². The largest absolute Gasteiger partial charge is 0.376 e. The van der Waals surface area contributed by atoms with Gasteiger partial charge in [-0.1, -0.05) is 23.2 Å². The number of rotatable bonds is 7. The van der Waals surface area contributed by atoms with E-state index < -0.39 is 0 Å². The smallest absolute Gasteiger partial charge is 0.229 e. The summed E-state index contributed by atoms with van der Waals surface area (Å²) in [5.74, 6) is 0.875. The van der Waals surface area contributed by atoms with Crippen molar-refractivity contribution in [1.82, 2.24) is 4.98 Å². The van der Waals surface area contributed by atoms with Crippen LogP contribution in [0.1, 0.15) is 19.3 Å². The highest BCUT2D eigenvalue weighted by atomic mass is 35.5. The van der Waals surface area contributed by atoms with Crippen molar-refractivity contribution in [1.29, 1.82) is 0 Å². The average molecular weight is 431 g/mol. The lowest BCUT2D eigenvalue weighted by molar-refractivity contribution is -0.118. The molecule has 0 aliphatic carbocycles. The van der Waals surface area contributed by atoms with E-state index in [1.807, 2.05) is 17.7 Å². The Labute approximate surface area is 171 Å². The SMILES string of the molecule is CSCCC(=O)N(C[C@@H]1CCCO1)c1nc(-c2ccc(Cl)cc2Cl)cs1. The molecule has 1 amide bonds. The first kappa shape index (κ1) is 20.0. The molecule has 4 nitrogen and oxygen atoms in total. The molecule has 140 valence electrons. The van der Waals surface area contributed by atoms with Gasteiger partial charge < -0.3 is 4.74 Å². The highest BCUT2D eigenvalue weighted by molar-refractivity contribution is 7.98. The van der Waals surface area contributed by atoms with Gasteiger partial charge in [0.05, 0.1) is 23.4 Å². The van der Waals surface area contributed by atoms with Gasteiger partial charge in [-0.25, -0.2) is 4.98 Å². The first-order chi connectivity index (χ1) is 12.6. The lowest BCUT2D eigenvalue weighted by atomic mass is 10.2. The second kappa shape index (κ2) is 9.42. The summed E-state index contributed by atoms with van der Waals surface area (Å²) in [6.07, 6.45) is 4.60. The van der Waals surface area contributed by atoms with Crippen molar-refractivity contribution in [3.8, 4) is 11.3 Å². The first-order valence-corrected chi connectivity index (χ1v) is 11.4. The maximum atomic E-state index is 12.7. The normalized spacial score (nSPS) is 16.8. The van der Waals surface area contributed by atoms with Gasteiger partial charge in [0.15, 0.2) is 5.13 Å². The van der Waals surface area contributed by atoms with Crippen molar-refractivity contribution in [2.45, 2.75) is 25.4 Å². The minimum absolute atomic E-state index is 0.0814. The molecule has 0 unspecified atom stereocenters. The van der Waals surface area contributed by atoms with E-state index in [1.165, 1.54) is 11.3 Å². The quantitative estimate of drug-likeness (QED) is 0.590. The number of carbonyl (C=O) groups excluding carboxylic acids is 1. The van der Waals surface area contributed by atoms with Crippen LogP contribution in [0, 0.1) is 0 Å². The van der Waals surface area contributed by atoms with E-state index in [-0.39, 0.29) is 12.0 Å². The molecule has 1 atom stereocenters. The summed E-state index contributed by atoms with van der Waals surface area (Å²) in [6.45, 7) is 1.32. The third kappa shape index (κ3) is 4.93. The Balaban J connectivity index is 1.83. The second-order valence-electron chi connectivity index (χ2n) is 6.02. The van der Waals surface area contributed by atoms with Crippen LogP contribution in [0.25, 0.3) is 11.3 Å². The van der Waals surface area contributed by atoms with Crippen LogP contribution in [0.4, 0.5) is 5.13 Å². The van der Waals surface area contributed by atoms with Gasteiger partial charge in [-0.2, -0.15) is 11.8 Å². The van der Waals surface area contributed by atoms with Crippen molar-refractivity contribution in [2.24, 2.45) is 0 Å². The van der Waals surface area contributed by atoms with Gasteiger partial charge in [0.2, 0.25) is 5.91 Å². The fraction of sp³-hybridized carbons (Fsp3) is 0.444. The molecule has 0 radical (unpaired) electrons. The monoisotopic (exact) mass is 430 g/mol. The fourth-order valence-corrected chi connectivity index (χ4v) is 4.55. The van der Waals surface area contributed by atoms with Gasteiger partial charge in [-0.05, 0) is 37.3 Å². The molecule has 3 rings (SSSR count). The molecular formula is C18H20Cl2N2O2S2. The van der Waals surface area contributed by atoms with Crippen LogP contribution in [0.15, 0.2) is 23.6 Å². The van der Waals surface area contributed by atoms with Crippen LogP contribution in [-0.4, -0.2) is 42.2 Å². The zero-order valence-electron chi connectivity index (χ0n) is 14.4. The van der Waals surface area contributed by atoms with Crippen LogP contribution in [0.2, 0.25) is 10.0 Å². The maximum Gasteiger partial charge on any atom is 0.229 e. The Morgan fingerprint density at radius 3 is 3.00 bits per heavy atom. The van der Waals surface area contributed by atoms with Crippen LogP contribution in [0.3, 0.4) is 0 Å². The molecule has 0 spiro atoms. The summed E-state index contributed by atoms with van der Waals surface area (Å²) in [4.78, 5) is 19.2. The summed E-state index contributed by atoms with van der Waals surface area (Å²) in [7, 11) is 0. The number of carbonyl (C=O) groups is 1. The molecule has 1 aromatic carbocycles. The number of anilines is 1.